The molecule has 0 spiro atoms. The Bertz CT molecular complexity index is 638. The molecule has 0 aliphatic carbocycles. The lowest BCUT2D eigenvalue weighted by molar-refractivity contribution is 0.584. The van der Waals surface area contributed by atoms with Gasteiger partial charge in [0.15, 0.2) is 5.65 Å². The second-order valence-corrected chi connectivity index (χ2v) is 5.23. The molecule has 0 radical (unpaired) electrons. The average molecular weight is 251 g/mol. The van der Waals surface area contributed by atoms with E-state index in [1.54, 1.807) is 23.8 Å². The van der Waals surface area contributed by atoms with Gasteiger partial charge in [-0.3, -0.25) is 9.36 Å². The van der Waals surface area contributed by atoms with Crippen LogP contribution in [0.15, 0.2) is 22.2 Å². The summed E-state index contributed by atoms with van der Waals surface area (Å²) >= 11 is -1.20. The van der Waals surface area contributed by atoms with Crippen LogP contribution >= 0.6 is 0 Å². The molecule has 1 aliphatic rings. The van der Waals surface area contributed by atoms with Gasteiger partial charge >= 0.3 is 5.16 Å². The number of pyridine rings is 1. The molecule has 17 heavy (non-hydrogen) atoms. The van der Waals surface area contributed by atoms with Gasteiger partial charge in [-0.1, -0.05) is 7.43 Å². The van der Waals surface area contributed by atoms with Gasteiger partial charge in [0.05, 0.1) is 6.54 Å². The fourth-order valence-corrected chi connectivity index (χ4v) is 2.76. The molecule has 3 heterocycles. The average Bonchev–Trinajstić information content (AvgIpc) is 2.41. The van der Waals surface area contributed by atoms with Crippen LogP contribution in [0.5, 0.6) is 0 Å². The highest BCUT2D eigenvalue weighted by molar-refractivity contribution is 7.91. The van der Waals surface area contributed by atoms with E-state index in [1.165, 1.54) is 0 Å². The van der Waals surface area contributed by atoms with E-state index in [2.05, 4.69) is 9.97 Å². The van der Waals surface area contributed by atoms with Crippen molar-refractivity contribution in [2.75, 3.05) is 5.75 Å². The first-order valence-electron chi connectivity index (χ1n) is 4.92. The van der Waals surface area contributed by atoms with E-state index in [1.807, 2.05) is 0 Å². The van der Waals surface area contributed by atoms with Crippen LogP contribution in [0, 0.1) is 6.92 Å². The van der Waals surface area contributed by atoms with Gasteiger partial charge in [0.25, 0.3) is 5.56 Å². The van der Waals surface area contributed by atoms with Crippen molar-refractivity contribution in [2.24, 2.45) is 0 Å². The number of hydrogen-bond donors (Lipinski definition) is 0. The normalized spacial score (nSPS) is 17.9. The highest BCUT2D eigenvalue weighted by Gasteiger charge is 2.22. The summed E-state index contributed by atoms with van der Waals surface area (Å²) < 4.78 is 13.3. The van der Waals surface area contributed by atoms with E-state index in [-0.39, 0.29) is 13.0 Å². The van der Waals surface area contributed by atoms with Crippen molar-refractivity contribution in [1.82, 2.24) is 14.5 Å². The third-order valence-corrected chi connectivity index (χ3v) is 3.85. The molecule has 0 N–H and O–H groups in total. The SMILES string of the molecule is C.Cc1cc2cnc3nc2n(c1=O)CC[S+]3[O-]. The fraction of sp³-hybridized carbons (Fsp3) is 0.364. The van der Waals surface area contributed by atoms with Crippen molar-refractivity contribution in [3.05, 3.63) is 28.2 Å². The Morgan fingerprint density at radius 3 is 3.06 bits per heavy atom. The van der Waals surface area contributed by atoms with E-state index < -0.39 is 11.2 Å². The molecule has 2 aromatic rings. The van der Waals surface area contributed by atoms with Crippen LogP contribution in [-0.2, 0) is 17.7 Å². The van der Waals surface area contributed by atoms with Crippen LogP contribution in [0.25, 0.3) is 11.0 Å². The fourth-order valence-electron chi connectivity index (χ4n) is 1.87. The molecular weight excluding hydrogens is 238 g/mol. The second-order valence-electron chi connectivity index (χ2n) is 3.77. The Kier molecular flexibility index (Phi) is 2.92. The van der Waals surface area contributed by atoms with E-state index in [0.717, 1.165) is 5.39 Å². The van der Waals surface area contributed by atoms with Gasteiger partial charge in [0.1, 0.15) is 5.75 Å². The quantitative estimate of drug-likeness (QED) is 0.514. The monoisotopic (exact) mass is 251 g/mol. The molecule has 6 heteroatoms. The van der Waals surface area contributed by atoms with Crippen LogP contribution in [0.4, 0.5) is 0 Å². The molecule has 0 saturated heterocycles. The predicted molar refractivity (Wildman–Crippen MR) is 66.5 cm³/mol. The Morgan fingerprint density at radius 2 is 2.29 bits per heavy atom. The summed E-state index contributed by atoms with van der Waals surface area (Å²) in [6.07, 6.45) is 1.63. The number of aryl methyl sites for hydroxylation is 2. The summed E-state index contributed by atoms with van der Waals surface area (Å²) in [5, 5.41) is 1.14. The molecule has 1 atom stereocenters. The Balaban J connectivity index is 0.00000108. The zero-order valence-corrected chi connectivity index (χ0v) is 9.45. The van der Waals surface area contributed by atoms with Crippen LogP contribution in [-0.4, -0.2) is 24.8 Å². The van der Waals surface area contributed by atoms with Crippen molar-refractivity contribution in [1.29, 1.82) is 0 Å². The largest absolute Gasteiger partial charge is 0.609 e. The van der Waals surface area contributed by atoms with Crippen molar-refractivity contribution < 1.29 is 4.55 Å². The molecule has 1 aliphatic heterocycles. The zero-order chi connectivity index (χ0) is 11.3. The molecule has 2 bridgehead atoms. The lowest BCUT2D eigenvalue weighted by atomic mass is 10.2. The lowest BCUT2D eigenvalue weighted by Gasteiger charge is -2.05. The van der Waals surface area contributed by atoms with Gasteiger partial charge in [0.2, 0.25) is 0 Å². The maximum atomic E-state index is 11.9. The minimum absolute atomic E-state index is 0. The zero-order valence-electron chi connectivity index (χ0n) is 8.64. The van der Waals surface area contributed by atoms with Crippen LogP contribution in [0.3, 0.4) is 0 Å². The van der Waals surface area contributed by atoms with E-state index in [4.69, 9.17) is 0 Å². The van der Waals surface area contributed by atoms with Crippen molar-refractivity contribution in [2.45, 2.75) is 26.1 Å². The van der Waals surface area contributed by atoms with Gasteiger partial charge in [-0.05, 0) is 13.0 Å². The minimum Gasteiger partial charge on any atom is -0.609 e. The number of aromatic nitrogens is 3. The lowest BCUT2D eigenvalue weighted by Crippen LogP contribution is -2.24. The Hall–Kier alpha value is -1.40. The number of hydrogen-bond acceptors (Lipinski definition) is 4. The number of fused-ring (bicyclic) bond motifs is 1. The smallest absolute Gasteiger partial charge is 0.344 e. The summed E-state index contributed by atoms with van der Waals surface area (Å²) in [7, 11) is 0. The molecule has 0 fully saturated rings. The summed E-state index contributed by atoms with van der Waals surface area (Å²) in [5.74, 6) is 0.395. The van der Waals surface area contributed by atoms with Crippen LogP contribution in [0.2, 0.25) is 0 Å². The predicted octanol–water partition coefficient (Wildman–Crippen LogP) is 0.857. The number of rotatable bonds is 0. The molecule has 2 aromatic heterocycles. The highest BCUT2D eigenvalue weighted by atomic mass is 32.2. The molecule has 3 rings (SSSR count). The van der Waals surface area contributed by atoms with Crippen molar-refractivity contribution >= 4 is 22.2 Å². The van der Waals surface area contributed by atoms with Gasteiger partial charge < -0.3 is 4.55 Å². The molecule has 0 aromatic carbocycles. The molecule has 1 unspecified atom stereocenters. The molecular formula is C11H13N3O2S. The Labute approximate surface area is 102 Å². The maximum Gasteiger partial charge on any atom is 0.344 e. The third-order valence-electron chi connectivity index (χ3n) is 2.69. The van der Waals surface area contributed by atoms with Gasteiger partial charge in [0, 0.05) is 28.3 Å². The van der Waals surface area contributed by atoms with Gasteiger partial charge in [-0.25, -0.2) is 0 Å². The van der Waals surface area contributed by atoms with E-state index in [9.17, 15) is 9.35 Å². The van der Waals surface area contributed by atoms with Gasteiger partial charge in [-0.2, -0.15) is 9.97 Å². The van der Waals surface area contributed by atoms with Crippen molar-refractivity contribution in [3.8, 4) is 0 Å². The summed E-state index contributed by atoms with van der Waals surface area (Å²) in [6, 6.07) is 1.77. The maximum absolute atomic E-state index is 11.9. The first kappa shape index (κ1) is 12.1. The topological polar surface area (TPSA) is 70.8 Å². The molecule has 0 saturated carbocycles. The minimum atomic E-state index is -1.20. The third kappa shape index (κ3) is 1.73. The van der Waals surface area contributed by atoms with Gasteiger partial charge in [-0.15, -0.1) is 0 Å². The summed E-state index contributed by atoms with van der Waals surface area (Å²) in [4.78, 5) is 20.2. The van der Waals surface area contributed by atoms with E-state index >= 15 is 0 Å². The molecule has 5 nitrogen and oxygen atoms in total. The van der Waals surface area contributed by atoms with E-state index in [0.29, 0.717) is 28.7 Å². The molecule has 90 valence electrons. The van der Waals surface area contributed by atoms with Crippen molar-refractivity contribution in [3.63, 3.8) is 0 Å². The number of nitrogens with zero attached hydrogens (tertiary/aromatic N) is 3. The second kappa shape index (κ2) is 4.12. The first-order valence-corrected chi connectivity index (χ1v) is 6.24. The summed E-state index contributed by atoms with van der Waals surface area (Å²) in [6.45, 7) is 2.20. The van der Waals surface area contributed by atoms with Crippen LogP contribution < -0.4 is 5.56 Å². The molecule has 0 amide bonds. The Morgan fingerprint density at radius 1 is 1.53 bits per heavy atom. The first-order chi connectivity index (χ1) is 7.66. The highest BCUT2D eigenvalue weighted by Crippen LogP contribution is 2.17. The summed E-state index contributed by atoms with van der Waals surface area (Å²) in [5.41, 5.74) is 1.19. The van der Waals surface area contributed by atoms with Crippen LogP contribution in [0.1, 0.15) is 13.0 Å². The standard InChI is InChI=1S/C10H9N3O2S.CH4/c1-6-4-7-5-11-10-12-8(7)13(9(6)14)2-3-16(10)15;/h4-5H,2-3H2,1H3;1H4.